The van der Waals surface area contributed by atoms with Crippen LogP contribution in [0.5, 0.6) is 0 Å². The summed E-state index contributed by atoms with van der Waals surface area (Å²) in [5.41, 5.74) is 1.22. The van der Waals surface area contributed by atoms with Crippen molar-refractivity contribution in [2.24, 2.45) is 0 Å². The van der Waals surface area contributed by atoms with E-state index in [1.807, 2.05) is 31.2 Å². The fourth-order valence-corrected chi connectivity index (χ4v) is 2.53. The third kappa shape index (κ3) is 3.06. The predicted molar refractivity (Wildman–Crippen MR) is 79.8 cm³/mol. The molecule has 1 heterocycles. The van der Waals surface area contributed by atoms with Crippen LogP contribution in [0.2, 0.25) is 0 Å². The molecular formula is C15H9N5S. The third-order valence-corrected chi connectivity index (χ3v) is 3.60. The minimum atomic E-state index is -0.243. The lowest BCUT2D eigenvalue weighted by Gasteiger charge is -2.09. The topological polar surface area (TPSA) is 96.3 Å². The SMILES string of the molecule is Cc1ncc(-c2ccccc2NC(C#N)=C(C#N)C#N)s1. The predicted octanol–water partition coefficient (Wildman–Crippen LogP) is 3.36. The molecule has 0 aliphatic heterocycles. The molecule has 1 N–H and O–H groups in total. The quantitative estimate of drug-likeness (QED) is 0.875. The highest BCUT2D eigenvalue weighted by atomic mass is 32.1. The molecule has 0 amide bonds. The molecule has 0 fully saturated rings. The lowest BCUT2D eigenvalue weighted by molar-refractivity contribution is 1.30. The number of thiazole rings is 1. The van der Waals surface area contributed by atoms with E-state index >= 15 is 0 Å². The number of rotatable bonds is 3. The van der Waals surface area contributed by atoms with Gasteiger partial charge in [0.1, 0.15) is 23.9 Å². The van der Waals surface area contributed by atoms with Gasteiger partial charge in [0.05, 0.1) is 9.88 Å². The van der Waals surface area contributed by atoms with Gasteiger partial charge in [-0.1, -0.05) is 18.2 Å². The van der Waals surface area contributed by atoms with Crippen molar-refractivity contribution >= 4 is 17.0 Å². The molecule has 0 radical (unpaired) electrons. The zero-order chi connectivity index (χ0) is 15.2. The van der Waals surface area contributed by atoms with Gasteiger partial charge in [0, 0.05) is 17.4 Å². The average molecular weight is 291 g/mol. The Morgan fingerprint density at radius 2 is 1.86 bits per heavy atom. The van der Waals surface area contributed by atoms with Gasteiger partial charge >= 0.3 is 0 Å². The van der Waals surface area contributed by atoms with Gasteiger partial charge in [-0.2, -0.15) is 15.8 Å². The van der Waals surface area contributed by atoms with E-state index in [4.69, 9.17) is 15.8 Å². The Labute approximate surface area is 126 Å². The normalized spacial score (nSPS) is 9.05. The minimum Gasteiger partial charge on any atom is -0.345 e. The number of allylic oxidation sites excluding steroid dienone is 2. The molecule has 6 heteroatoms. The van der Waals surface area contributed by atoms with Crippen molar-refractivity contribution < 1.29 is 0 Å². The summed E-state index contributed by atoms with van der Waals surface area (Å²) in [6, 6.07) is 12.6. The van der Waals surface area contributed by atoms with E-state index in [0.717, 1.165) is 15.4 Å². The molecule has 21 heavy (non-hydrogen) atoms. The van der Waals surface area contributed by atoms with Crippen LogP contribution in [0.4, 0.5) is 5.69 Å². The van der Waals surface area contributed by atoms with E-state index in [1.54, 1.807) is 24.4 Å². The van der Waals surface area contributed by atoms with Gasteiger partial charge in [0.15, 0.2) is 5.57 Å². The number of nitrogens with one attached hydrogen (secondary N) is 1. The van der Waals surface area contributed by atoms with Gasteiger partial charge in [0.2, 0.25) is 0 Å². The maximum atomic E-state index is 9.10. The average Bonchev–Trinajstić information content (AvgIpc) is 2.94. The van der Waals surface area contributed by atoms with Crippen LogP contribution < -0.4 is 5.32 Å². The lowest BCUT2D eigenvalue weighted by atomic mass is 10.1. The highest BCUT2D eigenvalue weighted by Gasteiger charge is 2.11. The van der Waals surface area contributed by atoms with Crippen molar-refractivity contribution in [1.82, 2.24) is 4.98 Å². The van der Waals surface area contributed by atoms with E-state index in [2.05, 4.69) is 10.3 Å². The zero-order valence-electron chi connectivity index (χ0n) is 11.1. The van der Waals surface area contributed by atoms with Gasteiger partial charge in [-0.25, -0.2) is 4.98 Å². The number of hydrogen-bond acceptors (Lipinski definition) is 6. The first-order valence-corrected chi connectivity index (χ1v) is 6.74. The number of nitriles is 3. The Morgan fingerprint density at radius 3 is 2.43 bits per heavy atom. The molecule has 0 saturated carbocycles. The Bertz CT molecular complexity index is 811. The number of para-hydroxylation sites is 1. The molecule has 0 saturated heterocycles. The lowest BCUT2D eigenvalue weighted by Crippen LogP contribution is -2.01. The molecule has 2 aromatic rings. The molecule has 0 aliphatic rings. The molecule has 0 bridgehead atoms. The Morgan fingerprint density at radius 1 is 1.14 bits per heavy atom. The summed E-state index contributed by atoms with van der Waals surface area (Å²) < 4.78 is 0. The molecule has 2 rings (SSSR count). The maximum Gasteiger partial charge on any atom is 0.163 e. The molecule has 100 valence electrons. The summed E-state index contributed by atoms with van der Waals surface area (Å²) in [6.45, 7) is 1.91. The molecule has 0 spiro atoms. The largest absolute Gasteiger partial charge is 0.345 e. The number of hydrogen-bond donors (Lipinski definition) is 1. The number of anilines is 1. The first-order valence-electron chi connectivity index (χ1n) is 5.93. The van der Waals surface area contributed by atoms with Gasteiger partial charge in [-0.3, -0.25) is 0 Å². The van der Waals surface area contributed by atoms with Crippen molar-refractivity contribution in [3.8, 4) is 28.6 Å². The van der Waals surface area contributed by atoms with E-state index in [1.165, 1.54) is 11.3 Å². The second kappa shape index (κ2) is 6.34. The number of nitrogens with zero attached hydrogens (tertiary/aromatic N) is 4. The summed E-state index contributed by atoms with van der Waals surface area (Å²) in [6.07, 6.45) is 1.76. The minimum absolute atomic E-state index is 0.0614. The van der Waals surface area contributed by atoms with Crippen LogP contribution in [-0.2, 0) is 0 Å². The highest BCUT2D eigenvalue weighted by Crippen LogP contribution is 2.32. The van der Waals surface area contributed by atoms with E-state index in [-0.39, 0.29) is 11.3 Å². The summed E-state index contributed by atoms with van der Waals surface area (Å²) in [5.74, 6) is 0. The number of aromatic nitrogens is 1. The van der Waals surface area contributed by atoms with Crippen molar-refractivity contribution in [2.75, 3.05) is 5.32 Å². The van der Waals surface area contributed by atoms with Crippen molar-refractivity contribution in [3.63, 3.8) is 0 Å². The van der Waals surface area contributed by atoms with Crippen LogP contribution in [0, 0.1) is 40.9 Å². The van der Waals surface area contributed by atoms with E-state index < -0.39 is 0 Å². The molecule has 0 aliphatic carbocycles. The van der Waals surface area contributed by atoms with Crippen LogP contribution in [0.1, 0.15) is 5.01 Å². The molecule has 1 aromatic heterocycles. The maximum absolute atomic E-state index is 9.10. The second-order valence-corrected chi connectivity index (χ2v) is 5.23. The van der Waals surface area contributed by atoms with Crippen molar-refractivity contribution in [1.29, 1.82) is 15.8 Å². The van der Waals surface area contributed by atoms with Crippen molar-refractivity contribution in [3.05, 3.63) is 46.7 Å². The molecule has 5 nitrogen and oxygen atoms in total. The van der Waals surface area contributed by atoms with E-state index in [9.17, 15) is 0 Å². The Hall–Kier alpha value is -3.14. The first-order chi connectivity index (χ1) is 10.2. The smallest absolute Gasteiger partial charge is 0.163 e. The summed E-state index contributed by atoms with van der Waals surface area (Å²) in [5, 5.41) is 30.6. The fraction of sp³-hybridized carbons (Fsp3) is 0.0667. The van der Waals surface area contributed by atoms with Crippen LogP contribution in [-0.4, -0.2) is 4.98 Å². The zero-order valence-corrected chi connectivity index (χ0v) is 11.9. The number of benzene rings is 1. The van der Waals surface area contributed by atoms with Crippen molar-refractivity contribution in [2.45, 2.75) is 6.92 Å². The molecular weight excluding hydrogens is 282 g/mol. The first kappa shape index (κ1) is 14.3. The number of aryl methyl sites for hydroxylation is 1. The fourth-order valence-electron chi connectivity index (χ4n) is 1.71. The van der Waals surface area contributed by atoms with E-state index in [0.29, 0.717) is 5.69 Å². The van der Waals surface area contributed by atoms with Gasteiger partial charge < -0.3 is 5.32 Å². The molecule has 0 unspecified atom stereocenters. The van der Waals surface area contributed by atoms with Gasteiger partial charge in [0.25, 0.3) is 0 Å². The van der Waals surface area contributed by atoms with Gasteiger partial charge in [-0.05, 0) is 13.0 Å². The van der Waals surface area contributed by atoms with Crippen LogP contribution >= 0.6 is 11.3 Å². The summed E-state index contributed by atoms with van der Waals surface area (Å²) >= 11 is 1.53. The summed E-state index contributed by atoms with van der Waals surface area (Å²) in [7, 11) is 0. The molecule has 0 atom stereocenters. The second-order valence-electron chi connectivity index (χ2n) is 4.00. The van der Waals surface area contributed by atoms with Crippen LogP contribution in [0.15, 0.2) is 41.7 Å². The van der Waals surface area contributed by atoms with Crippen LogP contribution in [0.3, 0.4) is 0 Å². The van der Waals surface area contributed by atoms with Crippen LogP contribution in [0.25, 0.3) is 10.4 Å². The Balaban J connectivity index is 2.48. The van der Waals surface area contributed by atoms with Gasteiger partial charge in [-0.15, -0.1) is 11.3 Å². The highest BCUT2D eigenvalue weighted by molar-refractivity contribution is 7.15. The summed E-state index contributed by atoms with van der Waals surface area (Å²) in [4.78, 5) is 5.16. The standard InChI is InChI=1S/C15H9N5S/c1-10-19-9-15(21-10)12-4-2-3-5-13(12)20-14(8-18)11(6-16)7-17/h2-5,9,20H,1H3. The molecule has 1 aromatic carbocycles. The monoisotopic (exact) mass is 291 g/mol. The third-order valence-electron chi connectivity index (χ3n) is 2.66. The Kier molecular flexibility index (Phi) is 4.31.